The SMILES string of the molecule is C[C@H]1CCCN(S(=O)(=O)c2cnn(Cc3ccccc3)c2)[C@@H]1CN. The number of rotatable bonds is 5. The summed E-state index contributed by atoms with van der Waals surface area (Å²) in [5, 5.41) is 4.22. The molecule has 2 aromatic rings. The van der Waals surface area contributed by atoms with Gasteiger partial charge in [0.15, 0.2) is 0 Å². The third kappa shape index (κ3) is 3.38. The molecule has 6 nitrogen and oxygen atoms in total. The molecule has 1 fully saturated rings. The highest BCUT2D eigenvalue weighted by Crippen LogP contribution is 2.28. The first-order valence-corrected chi connectivity index (χ1v) is 9.74. The number of piperidine rings is 1. The second-order valence-electron chi connectivity index (χ2n) is 6.40. The summed E-state index contributed by atoms with van der Waals surface area (Å²) in [6, 6.07) is 9.71. The van der Waals surface area contributed by atoms with Gasteiger partial charge in [-0.15, -0.1) is 0 Å². The maximum Gasteiger partial charge on any atom is 0.246 e. The summed E-state index contributed by atoms with van der Waals surface area (Å²) in [4.78, 5) is 0.242. The van der Waals surface area contributed by atoms with Gasteiger partial charge in [0.1, 0.15) is 4.90 Å². The highest BCUT2D eigenvalue weighted by atomic mass is 32.2. The van der Waals surface area contributed by atoms with Gasteiger partial charge in [0.25, 0.3) is 0 Å². The van der Waals surface area contributed by atoms with E-state index >= 15 is 0 Å². The van der Waals surface area contributed by atoms with Crippen LogP contribution in [0, 0.1) is 5.92 Å². The Bertz CT molecular complexity index is 773. The zero-order valence-corrected chi connectivity index (χ0v) is 14.7. The standard InChI is InChI=1S/C17H24N4O2S/c1-14-6-5-9-21(17(14)10-18)24(22,23)16-11-19-20(13-16)12-15-7-3-2-4-8-15/h2-4,7-8,11,13-14,17H,5-6,9-10,12,18H2,1H3/t14-,17+/m0/s1. The first kappa shape index (κ1) is 17.1. The van der Waals surface area contributed by atoms with E-state index in [4.69, 9.17) is 5.73 Å². The van der Waals surface area contributed by atoms with Crippen LogP contribution in [0.15, 0.2) is 47.6 Å². The Labute approximate surface area is 143 Å². The van der Waals surface area contributed by atoms with Crippen LogP contribution in [0.3, 0.4) is 0 Å². The van der Waals surface area contributed by atoms with Gasteiger partial charge in [-0.05, 0) is 24.3 Å². The number of sulfonamides is 1. The topological polar surface area (TPSA) is 81.2 Å². The first-order valence-electron chi connectivity index (χ1n) is 8.30. The lowest BCUT2D eigenvalue weighted by Crippen LogP contribution is -2.51. The van der Waals surface area contributed by atoms with Crippen molar-refractivity contribution in [3.8, 4) is 0 Å². The molecule has 1 aliphatic rings. The van der Waals surface area contributed by atoms with Gasteiger partial charge >= 0.3 is 0 Å². The zero-order chi connectivity index (χ0) is 17.2. The molecule has 0 saturated carbocycles. The fourth-order valence-corrected chi connectivity index (χ4v) is 5.06. The lowest BCUT2D eigenvalue weighted by molar-refractivity contribution is 0.192. The van der Waals surface area contributed by atoms with Gasteiger partial charge in [0.05, 0.1) is 12.7 Å². The van der Waals surface area contributed by atoms with Gasteiger partial charge in [0, 0.05) is 25.3 Å². The van der Waals surface area contributed by atoms with Gasteiger partial charge in [-0.1, -0.05) is 37.3 Å². The van der Waals surface area contributed by atoms with Crippen molar-refractivity contribution in [2.24, 2.45) is 11.7 Å². The van der Waals surface area contributed by atoms with Crippen LogP contribution >= 0.6 is 0 Å². The molecule has 1 aliphatic heterocycles. The Kier molecular flexibility index (Phi) is 5.03. The molecule has 0 amide bonds. The Hall–Kier alpha value is -1.70. The molecule has 24 heavy (non-hydrogen) atoms. The Morgan fingerprint density at radius 2 is 2.04 bits per heavy atom. The van der Waals surface area contributed by atoms with Crippen molar-refractivity contribution in [1.29, 1.82) is 0 Å². The molecule has 1 aromatic heterocycles. The number of hydrogen-bond donors (Lipinski definition) is 1. The molecule has 1 aromatic carbocycles. The van der Waals surface area contributed by atoms with Crippen LogP contribution in [-0.2, 0) is 16.6 Å². The van der Waals surface area contributed by atoms with Crippen LogP contribution in [0.1, 0.15) is 25.3 Å². The zero-order valence-electron chi connectivity index (χ0n) is 13.9. The normalized spacial score (nSPS) is 22.6. The molecule has 7 heteroatoms. The summed E-state index contributed by atoms with van der Waals surface area (Å²) in [6.45, 7) is 3.49. The predicted molar refractivity (Wildman–Crippen MR) is 92.9 cm³/mol. The van der Waals surface area contributed by atoms with E-state index in [9.17, 15) is 8.42 Å². The lowest BCUT2D eigenvalue weighted by atomic mass is 9.93. The Morgan fingerprint density at radius 1 is 1.29 bits per heavy atom. The summed E-state index contributed by atoms with van der Waals surface area (Å²) >= 11 is 0. The molecule has 1 saturated heterocycles. The van der Waals surface area contributed by atoms with Gasteiger partial charge < -0.3 is 5.73 Å². The first-order chi connectivity index (χ1) is 11.5. The summed E-state index contributed by atoms with van der Waals surface area (Å²) in [6.07, 6.45) is 4.93. The fraction of sp³-hybridized carbons (Fsp3) is 0.471. The van der Waals surface area contributed by atoms with E-state index in [0.717, 1.165) is 18.4 Å². The number of nitrogens with zero attached hydrogens (tertiary/aromatic N) is 3. The van der Waals surface area contributed by atoms with Crippen molar-refractivity contribution in [2.75, 3.05) is 13.1 Å². The van der Waals surface area contributed by atoms with Crippen molar-refractivity contribution < 1.29 is 8.42 Å². The van der Waals surface area contributed by atoms with E-state index in [1.807, 2.05) is 30.3 Å². The van der Waals surface area contributed by atoms with Gasteiger partial charge in [0.2, 0.25) is 10.0 Å². The maximum absolute atomic E-state index is 13.0. The van der Waals surface area contributed by atoms with Crippen molar-refractivity contribution in [3.05, 3.63) is 48.3 Å². The average Bonchev–Trinajstić information content (AvgIpc) is 3.05. The molecule has 2 atom stereocenters. The molecule has 0 unspecified atom stereocenters. The molecule has 0 aliphatic carbocycles. The predicted octanol–water partition coefficient (Wildman–Crippen LogP) is 1.68. The molecule has 0 bridgehead atoms. The fourth-order valence-electron chi connectivity index (χ4n) is 3.33. The lowest BCUT2D eigenvalue weighted by Gasteiger charge is -2.38. The van der Waals surface area contributed by atoms with Crippen LogP contribution in [0.25, 0.3) is 0 Å². The van der Waals surface area contributed by atoms with Crippen molar-refractivity contribution >= 4 is 10.0 Å². The molecule has 2 N–H and O–H groups in total. The Morgan fingerprint density at radius 3 is 2.75 bits per heavy atom. The molecule has 0 radical (unpaired) electrons. The number of aromatic nitrogens is 2. The number of benzene rings is 1. The third-order valence-corrected chi connectivity index (χ3v) is 6.59. The minimum absolute atomic E-state index is 0.138. The summed E-state index contributed by atoms with van der Waals surface area (Å²) in [5.41, 5.74) is 6.92. The minimum Gasteiger partial charge on any atom is -0.329 e. The molecular weight excluding hydrogens is 324 g/mol. The van der Waals surface area contributed by atoms with Crippen molar-refractivity contribution in [2.45, 2.75) is 37.2 Å². The minimum atomic E-state index is -3.56. The van der Waals surface area contributed by atoms with E-state index in [-0.39, 0.29) is 16.9 Å². The average molecular weight is 348 g/mol. The summed E-state index contributed by atoms with van der Waals surface area (Å²) < 4.78 is 29.2. The highest BCUT2D eigenvalue weighted by molar-refractivity contribution is 7.89. The summed E-state index contributed by atoms with van der Waals surface area (Å²) in [5.74, 6) is 0.276. The van der Waals surface area contributed by atoms with Gasteiger partial charge in [-0.2, -0.15) is 9.40 Å². The van der Waals surface area contributed by atoms with Crippen LogP contribution < -0.4 is 5.73 Å². The van der Waals surface area contributed by atoms with E-state index in [1.54, 1.807) is 15.2 Å². The van der Waals surface area contributed by atoms with E-state index in [2.05, 4.69) is 12.0 Å². The van der Waals surface area contributed by atoms with Crippen LogP contribution in [0.5, 0.6) is 0 Å². The van der Waals surface area contributed by atoms with Crippen LogP contribution in [0.4, 0.5) is 0 Å². The van der Waals surface area contributed by atoms with Crippen LogP contribution in [-0.4, -0.2) is 41.6 Å². The van der Waals surface area contributed by atoms with E-state index in [1.165, 1.54) is 6.20 Å². The molecule has 2 heterocycles. The molecular formula is C17H24N4O2S. The summed E-state index contributed by atoms with van der Waals surface area (Å²) in [7, 11) is -3.56. The highest BCUT2D eigenvalue weighted by Gasteiger charge is 2.37. The Balaban J connectivity index is 1.82. The second kappa shape index (κ2) is 7.04. The van der Waals surface area contributed by atoms with Gasteiger partial charge in [-0.25, -0.2) is 8.42 Å². The number of hydrogen-bond acceptors (Lipinski definition) is 4. The van der Waals surface area contributed by atoms with E-state index in [0.29, 0.717) is 19.6 Å². The van der Waals surface area contributed by atoms with Gasteiger partial charge in [-0.3, -0.25) is 4.68 Å². The van der Waals surface area contributed by atoms with Crippen LogP contribution in [0.2, 0.25) is 0 Å². The smallest absolute Gasteiger partial charge is 0.246 e. The third-order valence-electron chi connectivity index (χ3n) is 4.71. The van der Waals surface area contributed by atoms with Crippen molar-refractivity contribution in [1.82, 2.24) is 14.1 Å². The molecule has 130 valence electrons. The molecule has 3 rings (SSSR count). The van der Waals surface area contributed by atoms with E-state index < -0.39 is 10.0 Å². The largest absolute Gasteiger partial charge is 0.329 e. The monoisotopic (exact) mass is 348 g/mol. The second-order valence-corrected chi connectivity index (χ2v) is 8.29. The molecule has 0 spiro atoms. The maximum atomic E-state index is 13.0. The number of nitrogens with two attached hydrogens (primary N) is 1. The van der Waals surface area contributed by atoms with Crippen molar-refractivity contribution in [3.63, 3.8) is 0 Å². The quantitative estimate of drug-likeness (QED) is 0.891.